The number of nitrogens with zero attached hydrogens (tertiary/aromatic N) is 3. The number of aryl methyl sites for hydroxylation is 1. The van der Waals surface area contributed by atoms with Gasteiger partial charge in [0.15, 0.2) is 0 Å². The van der Waals surface area contributed by atoms with E-state index in [0.717, 1.165) is 31.2 Å². The summed E-state index contributed by atoms with van der Waals surface area (Å²) in [5.41, 5.74) is 0.733. The highest BCUT2D eigenvalue weighted by Crippen LogP contribution is 2.32. The third-order valence-corrected chi connectivity index (χ3v) is 8.55. The third kappa shape index (κ3) is 4.07. The summed E-state index contributed by atoms with van der Waals surface area (Å²) in [5, 5.41) is 3.61. The monoisotopic (exact) mass is 458 g/mol. The lowest BCUT2D eigenvalue weighted by Gasteiger charge is -2.31. The Balaban J connectivity index is 1.49. The van der Waals surface area contributed by atoms with Gasteiger partial charge < -0.3 is 5.32 Å². The molecule has 3 fully saturated rings. The van der Waals surface area contributed by atoms with Crippen LogP contribution in [0.15, 0.2) is 21.9 Å². The number of pyridine rings is 1. The van der Waals surface area contributed by atoms with Crippen molar-refractivity contribution in [2.75, 3.05) is 11.5 Å². The first kappa shape index (κ1) is 21.6. The van der Waals surface area contributed by atoms with Gasteiger partial charge in [0.05, 0.1) is 5.39 Å². The predicted octanol–water partition coefficient (Wildman–Crippen LogP) is 1.96. The minimum atomic E-state index is -0.840. The van der Waals surface area contributed by atoms with Crippen molar-refractivity contribution in [2.45, 2.75) is 76.4 Å². The molecule has 5 rings (SSSR count). The summed E-state index contributed by atoms with van der Waals surface area (Å²) in [6.07, 6.45) is 7.85. The van der Waals surface area contributed by atoms with Crippen LogP contribution >= 0.6 is 0 Å². The average molecular weight is 459 g/mol. The van der Waals surface area contributed by atoms with Gasteiger partial charge in [0.1, 0.15) is 5.65 Å². The van der Waals surface area contributed by atoms with E-state index < -0.39 is 10.8 Å². The molecule has 172 valence electrons. The molecule has 0 aromatic carbocycles. The van der Waals surface area contributed by atoms with Crippen molar-refractivity contribution in [1.29, 1.82) is 0 Å². The lowest BCUT2D eigenvalue weighted by Crippen LogP contribution is -2.47. The normalized spacial score (nSPS) is 28.5. The largest absolute Gasteiger partial charge is 0.353 e. The van der Waals surface area contributed by atoms with Crippen molar-refractivity contribution in [3.63, 3.8) is 0 Å². The summed E-state index contributed by atoms with van der Waals surface area (Å²) < 4.78 is 15.0. The molecule has 32 heavy (non-hydrogen) atoms. The van der Waals surface area contributed by atoms with Gasteiger partial charge in [-0.3, -0.25) is 22.9 Å². The van der Waals surface area contributed by atoms with E-state index in [1.165, 1.54) is 4.57 Å². The Bertz CT molecular complexity index is 1180. The van der Waals surface area contributed by atoms with Crippen LogP contribution in [0.2, 0.25) is 0 Å². The first-order valence-electron chi connectivity index (χ1n) is 11.7. The van der Waals surface area contributed by atoms with E-state index in [1.807, 2.05) is 13.0 Å². The number of rotatable bonds is 4. The molecule has 0 spiro atoms. The molecule has 2 aliphatic carbocycles. The van der Waals surface area contributed by atoms with Crippen LogP contribution in [0, 0.1) is 12.8 Å². The highest BCUT2D eigenvalue weighted by Gasteiger charge is 2.33. The number of nitrogens with one attached hydrogen (secondary N) is 1. The molecule has 8 nitrogen and oxygen atoms in total. The fourth-order valence-electron chi connectivity index (χ4n) is 5.17. The molecule has 3 heterocycles. The zero-order valence-electron chi connectivity index (χ0n) is 18.4. The minimum Gasteiger partial charge on any atom is -0.353 e. The van der Waals surface area contributed by atoms with Gasteiger partial charge in [0.25, 0.3) is 5.56 Å². The fourth-order valence-corrected chi connectivity index (χ4v) is 6.44. The van der Waals surface area contributed by atoms with Gasteiger partial charge in [-0.05, 0) is 69.9 Å². The van der Waals surface area contributed by atoms with Crippen LogP contribution in [-0.4, -0.2) is 41.8 Å². The SMILES string of the molecule is Cc1cnc2c(c1)c(=O)n(C1CCC(NC(=O)C3CC3)CC1)c(=O)n2C1CCS(=O)CC1. The molecule has 2 aromatic rings. The van der Waals surface area contributed by atoms with E-state index in [4.69, 9.17) is 0 Å². The van der Waals surface area contributed by atoms with Crippen LogP contribution in [0.25, 0.3) is 11.0 Å². The summed E-state index contributed by atoms with van der Waals surface area (Å²) in [6, 6.07) is 1.66. The van der Waals surface area contributed by atoms with Gasteiger partial charge in [-0.25, -0.2) is 9.78 Å². The predicted molar refractivity (Wildman–Crippen MR) is 123 cm³/mol. The van der Waals surface area contributed by atoms with Crippen molar-refractivity contribution in [3.05, 3.63) is 38.7 Å². The summed E-state index contributed by atoms with van der Waals surface area (Å²) in [4.78, 5) is 43.7. The molecule has 9 heteroatoms. The van der Waals surface area contributed by atoms with Crippen LogP contribution in [0.3, 0.4) is 0 Å². The standard InChI is InChI=1S/C23H30N4O4S/c1-14-12-19-20(24-13-14)26(18-8-10-32(31)11-9-18)23(30)27(22(19)29)17-6-4-16(5-7-17)25-21(28)15-2-3-15/h12-13,15-18H,2-11H2,1H3,(H,25,28). The van der Waals surface area contributed by atoms with E-state index in [-0.39, 0.29) is 41.2 Å². The Morgan fingerprint density at radius 3 is 2.31 bits per heavy atom. The van der Waals surface area contributed by atoms with E-state index in [0.29, 0.717) is 48.2 Å². The average Bonchev–Trinajstić information content (AvgIpc) is 3.62. The second kappa shape index (κ2) is 8.57. The smallest absolute Gasteiger partial charge is 0.333 e. The Morgan fingerprint density at radius 1 is 1.00 bits per heavy atom. The summed E-state index contributed by atoms with van der Waals surface area (Å²) in [6.45, 7) is 1.89. The maximum absolute atomic E-state index is 13.7. The van der Waals surface area contributed by atoms with Gasteiger partial charge in [0.2, 0.25) is 5.91 Å². The zero-order valence-corrected chi connectivity index (χ0v) is 19.2. The first-order chi connectivity index (χ1) is 15.4. The van der Waals surface area contributed by atoms with Crippen LogP contribution in [0.4, 0.5) is 0 Å². The second-order valence-corrected chi connectivity index (χ2v) is 11.3. The number of carbonyl (C=O) groups is 1. The summed E-state index contributed by atoms with van der Waals surface area (Å²) in [7, 11) is -0.840. The zero-order chi connectivity index (χ0) is 22.4. The van der Waals surface area contributed by atoms with Crippen molar-refractivity contribution < 1.29 is 9.00 Å². The van der Waals surface area contributed by atoms with Gasteiger partial charge >= 0.3 is 5.69 Å². The Labute approximate surface area is 188 Å². The molecule has 1 N–H and O–H groups in total. The van der Waals surface area contributed by atoms with Crippen LogP contribution in [0.1, 0.15) is 69.0 Å². The molecular formula is C23H30N4O4S. The van der Waals surface area contributed by atoms with Crippen LogP contribution in [0.5, 0.6) is 0 Å². The molecule has 1 amide bonds. The van der Waals surface area contributed by atoms with Gasteiger partial charge in [-0.2, -0.15) is 0 Å². The fraction of sp³-hybridized carbons (Fsp3) is 0.652. The number of aromatic nitrogens is 3. The summed E-state index contributed by atoms with van der Waals surface area (Å²) in [5.74, 6) is 1.46. The number of fused-ring (bicyclic) bond motifs is 1. The minimum absolute atomic E-state index is 0.0982. The Morgan fingerprint density at radius 2 is 1.66 bits per heavy atom. The van der Waals surface area contributed by atoms with Crippen molar-refractivity contribution in [2.24, 2.45) is 5.92 Å². The van der Waals surface area contributed by atoms with Gasteiger partial charge in [-0.15, -0.1) is 0 Å². The first-order valence-corrected chi connectivity index (χ1v) is 13.2. The van der Waals surface area contributed by atoms with Gasteiger partial charge in [0, 0.05) is 52.5 Å². The quantitative estimate of drug-likeness (QED) is 0.754. The van der Waals surface area contributed by atoms with Gasteiger partial charge in [-0.1, -0.05) is 0 Å². The molecule has 0 bridgehead atoms. The van der Waals surface area contributed by atoms with Crippen molar-refractivity contribution in [1.82, 2.24) is 19.4 Å². The molecule has 3 aliphatic rings. The number of hydrogen-bond donors (Lipinski definition) is 1. The maximum Gasteiger partial charge on any atom is 0.333 e. The number of carbonyl (C=O) groups excluding carboxylic acids is 1. The highest BCUT2D eigenvalue weighted by molar-refractivity contribution is 7.85. The lowest BCUT2D eigenvalue weighted by molar-refractivity contribution is -0.123. The van der Waals surface area contributed by atoms with E-state index in [1.54, 1.807) is 10.8 Å². The molecule has 1 aliphatic heterocycles. The van der Waals surface area contributed by atoms with E-state index in [2.05, 4.69) is 10.3 Å². The Kier molecular flexibility index (Phi) is 5.77. The van der Waals surface area contributed by atoms with Crippen LogP contribution < -0.4 is 16.6 Å². The topological polar surface area (TPSA) is 103 Å². The third-order valence-electron chi connectivity index (χ3n) is 7.17. The second-order valence-electron chi connectivity index (χ2n) is 9.58. The molecule has 0 atom stereocenters. The highest BCUT2D eigenvalue weighted by atomic mass is 32.2. The molecular weight excluding hydrogens is 428 g/mol. The molecule has 0 unspecified atom stereocenters. The molecule has 2 saturated carbocycles. The molecule has 2 aromatic heterocycles. The molecule has 1 saturated heterocycles. The maximum atomic E-state index is 13.7. The van der Waals surface area contributed by atoms with Crippen molar-refractivity contribution in [3.8, 4) is 0 Å². The van der Waals surface area contributed by atoms with Crippen LogP contribution in [-0.2, 0) is 15.6 Å². The lowest BCUT2D eigenvalue weighted by atomic mass is 9.90. The molecule has 0 radical (unpaired) electrons. The van der Waals surface area contributed by atoms with Crippen molar-refractivity contribution >= 4 is 27.7 Å². The van der Waals surface area contributed by atoms with E-state index >= 15 is 0 Å². The summed E-state index contributed by atoms with van der Waals surface area (Å²) >= 11 is 0. The van der Waals surface area contributed by atoms with E-state index in [9.17, 15) is 18.6 Å². The Hall–Kier alpha value is -2.29. The number of amides is 1. The number of hydrogen-bond acceptors (Lipinski definition) is 5.